The van der Waals surface area contributed by atoms with Gasteiger partial charge in [-0.25, -0.2) is 9.97 Å². The van der Waals surface area contributed by atoms with Gasteiger partial charge in [0.15, 0.2) is 5.82 Å². The molecule has 2 aromatic carbocycles. The van der Waals surface area contributed by atoms with Crippen LogP contribution in [0.4, 0.5) is 0 Å². The molecule has 0 saturated heterocycles. The minimum absolute atomic E-state index is 0.130. The third-order valence-electron chi connectivity index (χ3n) is 4.74. The topological polar surface area (TPSA) is 96.6 Å². The molecule has 0 spiro atoms. The summed E-state index contributed by atoms with van der Waals surface area (Å²) in [5.41, 5.74) is 2.70. The summed E-state index contributed by atoms with van der Waals surface area (Å²) in [5.74, 6) is 2.52. The third kappa shape index (κ3) is 3.97. The Bertz CT molecular complexity index is 1390. The van der Waals surface area contributed by atoms with E-state index in [0.29, 0.717) is 27.9 Å². The summed E-state index contributed by atoms with van der Waals surface area (Å²) in [6.45, 7) is 0. The van der Waals surface area contributed by atoms with Gasteiger partial charge in [0.25, 0.3) is 5.56 Å². The first-order valence-electron chi connectivity index (χ1n) is 9.47. The van der Waals surface area contributed by atoms with Crippen molar-refractivity contribution in [3.05, 3.63) is 76.2 Å². The van der Waals surface area contributed by atoms with Crippen LogP contribution >= 0.6 is 23.1 Å². The van der Waals surface area contributed by atoms with Crippen molar-refractivity contribution in [3.8, 4) is 28.3 Å². The van der Waals surface area contributed by atoms with Gasteiger partial charge in [0.05, 0.1) is 18.2 Å². The predicted molar refractivity (Wildman–Crippen MR) is 124 cm³/mol. The number of thiophene rings is 1. The number of nitrogens with zero attached hydrogens (tertiary/aromatic N) is 3. The van der Waals surface area contributed by atoms with Gasteiger partial charge in [0.2, 0.25) is 5.16 Å². The number of aromatic amines is 2. The molecule has 3 aromatic heterocycles. The molecule has 31 heavy (non-hydrogen) atoms. The molecule has 0 aliphatic rings. The Morgan fingerprint density at radius 1 is 1.03 bits per heavy atom. The number of thioether (sulfide) groups is 1. The Kier molecular flexibility index (Phi) is 5.27. The summed E-state index contributed by atoms with van der Waals surface area (Å²) >= 11 is 2.89. The Hall–Kier alpha value is -3.43. The van der Waals surface area contributed by atoms with E-state index in [9.17, 15) is 4.79 Å². The molecule has 0 fully saturated rings. The Balaban J connectivity index is 1.35. The summed E-state index contributed by atoms with van der Waals surface area (Å²) < 4.78 is 5.18. The number of benzene rings is 2. The molecule has 0 amide bonds. The number of ether oxygens (including phenoxy) is 1. The van der Waals surface area contributed by atoms with Gasteiger partial charge in [-0.3, -0.25) is 9.89 Å². The summed E-state index contributed by atoms with van der Waals surface area (Å²) in [7, 11) is 1.63. The van der Waals surface area contributed by atoms with E-state index in [-0.39, 0.29) is 5.56 Å². The Morgan fingerprint density at radius 2 is 1.84 bits per heavy atom. The lowest BCUT2D eigenvalue weighted by Gasteiger charge is -2.01. The number of fused-ring (bicyclic) bond motifs is 1. The van der Waals surface area contributed by atoms with Gasteiger partial charge in [-0.2, -0.15) is 0 Å². The first-order valence-corrected chi connectivity index (χ1v) is 11.3. The zero-order chi connectivity index (χ0) is 21.2. The van der Waals surface area contributed by atoms with Crippen LogP contribution < -0.4 is 10.3 Å². The van der Waals surface area contributed by atoms with E-state index >= 15 is 0 Å². The number of rotatable bonds is 6. The fourth-order valence-electron chi connectivity index (χ4n) is 3.21. The van der Waals surface area contributed by atoms with Gasteiger partial charge in [0, 0.05) is 16.5 Å². The molecule has 0 aliphatic carbocycles. The van der Waals surface area contributed by atoms with Crippen molar-refractivity contribution >= 4 is 33.3 Å². The van der Waals surface area contributed by atoms with Crippen LogP contribution in [0.3, 0.4) is 0 Å². The van der Waals surface area contributed by atoms with Crippen LogP contribution in [0.15, 0.2) is 69.9 Å². The molecule has 5 rings (SSSR count). The van der Waals surface area contributed by atoms with Crippen molar-refractivity contribution in [2.75, 3.05) is 7.11 Å². The highest BCUT2D eigenvalue weighted by Gasteiger charge is 2.14. The van der Waals surface area contributed by atoms with E-state index < -0.39 is 0 Å². The van der Waals surface area contributed by atoms with Crippen molar-refractivity contribution in [3.63, 3.8) is 0 Å². The highest BCUT2D eigenvalue weighted by atomic mass is 32.2. The van der Waals surface area contributed by atoms with Gasteiger partial charge in [0.1, 0.15) is 16.4 Å². The van der Waals surface area contributed by atoms with Gasteiger partial charge in [-0.05, 0) is 29.8 Å². The van der Waals surface area contributed by atoms with Crippen LogP contribution in [-0.4, -0.2) is 32.3 Å². The Morgan fingerprint density at radius 3 is 2.61 bits per heavy atom. The molecule has 0 bridgehead atoms. The van der Waals surface area contributed by atoms with E-state index in [1.54, 1.807) is 7.11 Å². The molecule has 3 heterocycles. The van der Waals surface area contributed by atoms with E-state index in [1.807, 2.05) is 60.0 Å². The molecule has 0 unspecified atom stereocenters. The fraction of sp³-hybridized carbons (Fsp3) is 0.0909. The summed E-state index contributed by atoms with van der Waals surface area (Å²) in [6, 6.07) is 17.5. The van der Waals surface area contributed by atoms with Crippen molar-refractivity contribution in [2.45, 2.75) is 10.9 Å². The van der Waals surface area contributed by atoms with Gasteiger partial charge < -0.3 is 9.72 Å². The van der Waals surface area contributed by atoms with Crippen LogP contribution in [0.1, 0.15) is 5.82 Å². The number of hydrogen-bond acceptors (Lipinski definition) is 7. The second kappa shape index (κ2) is 8.37. The molecule has 0 saturated carbocycles. The number of methoxy groups -OCH3 is 1. The molecule has 5 aromatic rings. The van der Waals surface area contributed by atoms with E-state index in [1.165, 1.54) is 23.1 Å². The molecule has 0 atom stereocenters. The van der Waals surface area contributed by atoms with Crippen molar-refractivity contribution in [2.24, 2.45) is 0 Å². The quantitative estimate of drug-likeness (QED) is 0.365. The van der Waals surface area contributed by atoms with Crippen molar-refractivity contribution in [1.29, 1.82) is 0 Å². The van der Waals surface area contributed by atoms with E-state index in [0.717, 1.165) is 27.3 Å². The molecule has 154 valence electrons. The highest BCUT2D eigenvalue weighted by Crippen LogP contribution is 2.31. The van der Waals surface area contributed by atoms with Crippen molar-refractivity contribution < 1.29 is 4.74 Å². The van der Waals surface area contributed by atoms with Crippen LogP contribution in [0.25, 0.3) is 32.7 Å². The maximum absolute atomic E-state index is 12.8. The maximum Gasteiger partial charge on any atom is 0.260 e. The smallest absolute Gasteiger partial charge is 0.260 e. The van der Waals surface area contributed by atoms with E-state index in [2.05, 4.69) is 25.1 Å². The average Bonchev–Trinajstić information content (AvgIpc) is 3.46. The minimum Gasteiger partial charge on any atom is -0.497 e. The maximum atomic E-state index is 12.8. The Labute approximate surface area is 185 Å². The van der Waals surface area contributed by atoms with E-state index in [4.69, 9.17) is 4.74 Å². The van der Waals surface area contributed by atoms with Crippen LogP contribution in [0.2, 0.25) is 0 Å². The van der Waals surface area contributed by atoms with Crippen LogP contribution in [-0.2, 0) is 5.75 Å². The average molecular weight is 448 g/mol. The molecule has 9 heteroatoms. The fourth-order valence-corrected chi connectivity index (χ4v) is 4.85. The first-order chi connectivity index (χ1) is 15.2. The van der Waals surface area contributed by atoms with Crippen LogP contribution in [0, 0.1) is 0 Å². The number of H-pyrrole nitrogens is 2. The molecule has 0 radical (unpaired) electrons. The normalized spacial score (nSPS) is 11.1. The lowest BCUT2D eigenvalue weighted by Crippen LogP contribution is -2.10. The minimum atomic E-state index is -0.130. The largest absolute Gasteiger partial charge is 0.497 e. The number of aromatic nitrogens is 5. The second-order valence-electron chi connectivity index (χ2n) is 6.69. The summed E-state index contributed by atoms with van der Waals surface area (Å²) in [4.78, 5) is 25.6. The molecule has 7 nitrogen and oxygen atoms in total. The molecule has 0 aliphatic heterocycles. The SMILES string of the molecule is COc1ccc(-c2nc(SCc3nc4scc(-c5ccccc5)c4c(=O)[nH]3)n[nH]2)cc1. The molecular weight excluding hydrogens is 430 g/mol. The van der Waals surface area contributed by atoms with Crippen molar-refractivity contribution in [1.82, 2.24) is 25.1 Å². The van der Waals surface area contributed by atoms with Gasteiger partial charge >= 0.3 is 0 Å². The second-order valence-corrected chi connectivity index (χ2v) is 8.49. The monoisotopic (exact) mass is 447 g/mol. The zero-order valence-corrected chi connectivity index (χ0v) is 18.1. The predicted octanol–water partition coefficient (Wildman–Crippen LogP) is 4.74. The first kappa shape index (κ1) is 19.5. The lowest BCUT2D eigenvalue weighted by molar-refractivity contribution is 0.415. The van der Waals surface area contributed by atoms with Crippen LogP contribution in [0.5, 0.6) is 5.75 Å². The summed E-state index contributed by atoms with van der Waals surface area (Å²) in [5, 5.41) is 10.4. The highest BCUT2D eigenvalue weighted by molar-refractivity contribution is 7.98. The van der Waals surface area contributed by atoms with Gasteiger partial charge in [-0.1, -0.05) is 42.1 Å². The molecular formula is C22H17N5O2S2. The summed E-state index contributed by atoms with van der Waals surface area (Å²) in [6.07, 6.45) is 0. The lowest BCUT2D eigenvalue weighted by atomic mass is 10.1. The standard InChI is InChI=1S/C22H17N5O2S2/c1-29-15-9-7-14(8-10-15)19-25-22(27-26-19)31-12-17-23-20(28)18-16(11-30-21(18)24-17)13-5-3-2-4-6-13/h2-11H,12H2,1H3,(H,23,24,28)(H,25,26,27). The number of nitrogens with one attached hydrogen (secondary N) is 2. The zero-order valence-electron chi connectivity index (χ0n) is 16.5. The molecule has 2 N–H and O–H groups in total. The van der Waals surface area contributed by atoms with Gasteiger partial charge in [-0.15, -0.1) is 16.4 Å². The number of hydrogen-bond donors (Lipinski definition) is 2. The third-order valence-corrected chi connectivity index (χ3v) is 6.47.